The number of nitrogens with zero attached hydrogens (tertiary/aromatic N) is 4. The molecule has 0 radical (unpaired) electrons. The number of rotatable bonds is 3. The first-order valence-corrected chi connectivity index (χ1v) is 9.59. The lowest BCUT2D eigenvalue weighted by Gasteiger charge is -2.37. The van der Waals surface area contributed by atoms with Crippen molar-refractivity contribution in [3.63, 3.8) is 0 Å². The van der Waals surface area contributed by atoms with Gasteiger partial charge in [-0.05, 0) is 25.7 Å². The topological polar surface area (TPSA) is 88.3 Å². The molecule has 3 rings (SSSR count). The van der Waals surface area contributed by atoms with Gasteiger partial charge in [0.1, 0.15) is 0 Å². The Bertz CT molecular complexity index is 583. The fraction of sp³-hybridized carbons (Fsp3) is 0.778. The molecule has 1 saturated heterocycles. The Labute approximate surface area is 148 Å². The Hall–Kier alpha value is -1.92. The molecule has 7 nitrogen and oxygen atoms in total. The van der Waals surface area contributed by atoms with Crippen molar-refractivity contribution in [2.45, 2.75) is 70.3 Å². The number of carbonyl (C=O) groups excluding carboxylic acids is 1. The fourth-order valence-corrected chi connectivity index (χ4v) is 3.82. The van der Waals surface area contributed by atoms with Crippen molar-refractivity contribution in [1.29, 1.82) is 0 Å². The van der Waals surface area contributed by atoms with Crippen LogP contribution in [-0.4, -0.2) is 50.0 Å². The highest BCUT2D eigenvalue weighted by Gasteiger charge is 2.38. The van der Waals surface area contributed by atoms with E-state index in [-0.39, 0.29) is 23.6 Å². The van der Waals surface area contributed by atoms with Gasteiger partial charge in [-0.1, -0.05) is 43.7 Å². The van der Waals surface area contributed by atoms with E-state index in [0.29, 0.717) is 0 Å². The summed E-state index contributed by atoms with van der Waals surface area (Å²) in [6.45, 7) is 1.76. The molecule has 1 aromatic heterocycles. The van der Waals surface area contributed by atoms with Crippen LogP contribution in [0.3, 0.4) is 0 Å². The van der Waals surface area contributed by atoms with Gasteiger partial charge >= 0.3 is 5.97 Å². The quantitative estimate of drug-likeness (QED) is 0.907. The summed E-state index contributed by atoms with van der Waals surface area (Å²) in [4.78, 5) is 25.8. The minimum atomic E-state index is -1.07. The summed E-state index contributed by atoms with van der Waals surface area (Å²) < 4.78 is 1.60. The molecule has 1 aromatic rings. The number of hydrogen-bond acceptors (Lipinski definition) is 4. The van der Waals surface area contributed by atoms with E-state index in [2.05, 4.69) is 15.2 Å². The maximum absolute atomic E-state index is 12.8. The van der Waals surface area contributed by atoms with Crippen molar-refractivity contribution in [2.24, 2.45) is 5.92 Å². The van der Waals surface area contributed by atoms with Crippen LogP contribution in [0.1, 0.15) is 80.7 Å². The van der Waals surface area contributed by atoms with Crippen molar-refractivity contribution in [2.75, 3.05) is 13.1 Å². The zero-order chi connectivity index (χ0) is 17.6. The molecular weight excluding hydrogens is 320 g/mol. The molecular formula is C18H28N4O3. The normalized spacial score (nSPS) is 25.7. The number of aromatic nitrogens is 3. The maximum atomic E-state index is 12.8. The van der Waals surface area contributed by atoms with E-state index in [9.17, 15) is 9.59 Å². The molecule has 1 aliphatic carbocycles. The SMILES string of the molecule is O=C(O)c1cn(C2CC(C(=O)N3CCCCCCCCCC3)C2)nn1. The molecule has 0 aromatic carbocycles. The highest BCUT2D eigenvalue weighted by Crippen LogP contribution is 2.38. The molecule has 0 spiro atoms. The van der Waals surface area contributed by atoms with E-state index >= 15 is 0 Å². The van der Waals surface area contributed by atoms with E-state index in [0.717, 1.165) is 38.8 Å². The summed E-state index contributed by atoms with van der Waals surface area (Å²) in [5.74, 6) is -0.747. The number of carboxylic acid groups (broad SMARTS) is 1. The molecule has 0 atom stereocenters. The second-order valence-corrected chi connectivity index (χ2v) is 7.36. The zero-order valence-corrected chi connectivity index (χ0v) is 14.8. The van der Waals surface area contributed by atoms with Crippen molar-refractivity contribution in [3.05, 3.63) is 11.9 Å². The van der Waals surface area contributed by atoms with Gasteiger partial charge in [0.2, 0.25) is 5.91 Å². The average molecular weight is 348 g/mol. The van der Waals surface area contributed by atoms with Crippen LogP contribution in [0.5, 0.6) is 0 Å². The first-order chi connectivity index (χ1) is 12.1. The molecule has 1 amide bonds. The molecule has 1 N–H and O–H groups in total. The number of carbonyl (C=O) groups is 2. The van der Waals surface area contributed by atoms with Crippen molar-refractivity contribution in [1.82, 2.24) is 19.9 Å². The van der Waals surface area contributed by atoms with Crippen LogP contribution >= 0.6 is 0 Å². The maximum Gasteiger partial charge on any atom is 0.358 e. The molecule has 2 heterocycles. The van der Waals surface area contributed by atoms with E-state index in [1.165, 1.54) is 44.7 Å². The molecule has 2 fully saturated rings. The molecule has 0 unspecified atom stereocenters. The minimum absolute atomic E-state index is 0.0399. The van der Waals surface area contributed by atoms with Crippen molar-refractivity contribution >= 4 is 11.9 Å². The summed E-state index contributed by atoms with van der Waals surface area (Å²) >= 11 is 0. The largest absolute Gasteiger partial charge is 0.476 e. The van der Waals surface area contributed by atoms with Gasteiger partial charge in [-0.15, -0.1) is 5.10 Å². The van der Waals surface area contributed by atoms with Crippen LogP contribution in [0.2, 0.25) is 0 Å². The van der Waals surface area contributed by atoms with Crippen LogP contribution < -0.4 is 0 Å². The smallest absolute Gasteiger partial charge is 0.358 e. The number of amides is 1. The van der Waals surface area contributed by atoms with Gasteiger partial charge in [-0.25, -0.2) is 9.48 Å². The number of aromatic carboxylic acids is 1. The summed E-state index contributed by atoms with van der Waals surface area (Å²) in [6.07, 6.45) is 12.8. The lowest BCUT2D eigenvalue weighted by Crippen LogP contribution is -2.43. The fourth-order valence-electron chi connectivity index (χ4n) is 3.82. The lowest BCUT2D eigenvalue weighted by atomic mass is 9.79. The van der Waals surface area contributed by atoms with Crippen LogP contribution in [-0.2, 0) is 4.79 Å². The Morgan fingerprint density at radius 1 is 0.960 bits per heavy atom. The summed E-state index contributed by atoms with van der Waals surface area (Å²) in [5.41, 5.74) is -0.0399. The average Bonchev–Trinajstić information content (AvgIpc) is 3.00. The van der Waals surface area contributed by atoms with Gasteiger partial charge in [-0.2, -0.15) is 0 Å². The van der Waals surface area contributed by atoms with E-state index in [1.807, 2.05) is 0 Å². The van der Waals surface area contributed by atoms with Crippen molar-refractivity contribution in [3.8, 4) is 0 Å². The molecule has 138 valence electrons. The summed E-state index contributed by atoms with van der Waals surface area (Å²) in [6, 6.07) is 0.0958. The predicted octanol–water partition coefficient (Wildman–Crippen LogP) is 2.89. The minimum Gasteiger partial charge on any atom is -0.476 e. The van der Waals surface area contributed by atoms with Gasteiger partial charge in [0, 0.05) is 19.0 Å². The van der Waals surface area contributed by atoms with Crippen LogP contribution in [0.4, 0.5) is 0 Å². The standard InChI is InChI=1S/C18H28N4O3/c23-17(21-9-7-5-3-1-2-4-6-8-10-21)14-11-15(12-14)22-13-16(18(24)25)19-20-22/h13-15H,1-12H2,(H,24,25). The predicted molar refractivity (Wildman–Crippen MR) is 92.3 cm³/mol. The van der Waals surface area contributed by atoms with Gasteiger partial charge in [0.15, 0.2) is 5.69 Å². The molecule has 25 heavy (non-hydrogen) atoms. The first kappa shape index (κ1) is 17.9. The summed E-state index contributed by atoms with van der Waals surface area (Å²) in [5, 5.41) is 16.5. The third-order valence-corrected chi connectivity index (χ3v) is 5.48. The second-order valence-electron chi connectivity index (χ2n) is 7.36. The Morgan fingerprint density at radius 2 is 1.52 bits per heavy atom. The van der Waals surface area contributed by atoms with Gasteiger partial charge < -0.3 is 10.0 Å². The second kappa shape index (κ2) is 8.45. The third kappa shape index (κ3) is 4.58. The van der Waals surface area contributed by atoms with E-state index < -0.39 is 5.97 Å². The third-order valence-electron chi connectivity index (χ3n) is 5.48. The molecule has 7 heteroatoms. The van der Waals surface area contributed by atoms with Gasteiger partial charge in [-0.3, -0.25) is 4.79 Å². The summed E-state index contributed by atoms with van der Waals surface area (Å²) in [7, 11) is 0. The highest BCUT2D eigenvalue weighted by atomic mass is 16.4. The molecule has 1 aliphatic heterocycles. The highest BCUT2D eigenvalue weighted by molar-refractivity contribution is 5.84. The van der Waals surface area contributed by atoms with Crippen LogP contribution in [0, 0.1) is 5.92 Å². The zero-order valence-electron chi connectivity index (χ0n) is 14.8. The van der Waals surface area contributed by atoms with E-state index in [1.54, 1.807) is 4.68 Å². The monoisotopic (exact) mass is 348 g/mol. The number of carboxylic acids is 1. The van der Waals surface area contributed by atoms with Crippen LogP contribution in [0.15, 0.2) is 6.20 Å². The molecule has 0 bridgehead atoms. The first-order valence-electron chi connectivity index (χ1n) is 9.59. The van der Waals surface area contributed by atoms with Crippen LogP contribution in [0.25, 0.3) is 0 Å². The van der Waals surface area contributed by atoms with Crippen molar-refractivity contribution < 1.29 is 14.7 Å². The van der Waals surface area contributed by atoms with E-state index in [4.69, 9.17) is 5.11 Å². The Balaban J connectivity index is 1.51. The molecule has 2 aliphatic rings. The van der Waals surface area contributed by atoms with Gasteiger partial charge in [0.05, 0.1) is 12.2 Å². The molecule has 1 saturated carbocycles. The number of hydrogen-bond donors (Lipinski definition) is 1. The Morgan fingerprint density at radius 3 is 2.04 bits per heavy atom. The van der Waals surface area contributed by atoms with Gasteiger partial charge in [0.25, 0.3) is 0 Å². The Kier molecular flexibility index (Phi) is 6.04. The lowest BCUT2D eigenvalue weighted by molar-refractivity contribution is -0.140.